The molecule has 0 saturated heterocycles. The third-order valence-corrected chi connectivity index (χ3v) is 6.18. The molecule has 6 nitrogen and oxygen atoms in total. The van der Waals surface area contributed by atoms with Crippen LogP contribution in [0.1, 0.15) is 46.9 Å². The van der Waals surface area contributed by atoms with Crippen molar-refractivity contribution in [3.8, 4) is 11.3 Å². The molecule has 0 unspecified atom stereocenters. The number of rotatable bonds is 4. The summed E-state index contributed by atoms with van der Waals surface area (Å²) >= 11 is 1.23. The maximum atomic E-state index is 11.8. The Balaban J connectivity index is 1.83. The smallest absolute Gasteiger partial charge is 0.347 e. The molecule has 3 aromatic rings. The van der Waals surface area contributed by atoms with E-state index in [0.29, 0.717) is 22.8 Å². The Morgan fingerprint density at radius 3 is 2.78 bits per heavy atom. The quantitative estimate of drug-likeness (QED) is 0.741. The molecule has 1 aromatic carbocycles. The van der Waals surface area contributed by atoms with Crippen LogP contribution < -0.4 is 4.90 Å². The predicted molar refractivity (Wildman–Crippen MR) is 106 cm³/mol. The van der Waals surface area contributed by atoms with E-state index in [2.05, 4.69) is 6.07 Å². The number of hydrogen-bond donors (Lipinski definition) is 1. The van der Waals surface area contributed by atoms with Crippen molar-refractivity contribution in [3.05, 3.63) is 40.0 Å². The van der Waals surface area contributed by atoms with Gasteiger partial charge in [-0.25, -0.2) is 9.78 Å². The van der Waals surface area contributed by atoms with E-state index in [1.165, 1.54) is 11.3 Å². The van der Waals surface area contributed by atoms with E-state index in [0.717, 1.165) is 46.7 Å². The van der Waals surface area contributed by atoms with Gasteiger partial charge in [-0.3, -0.25) is 9.20 Å². The number of carboxylic acid groups (broad SMARTS) is 1. The van der Waals surface area contributed by atoms with Crippen molar-refractivity contribution < 1.29 is 14.7 Å². The molecule has 1 N–H and O–H groups in total. The van der Waals surface area contributed by atoms with Crippen LogP contribution in [-0.4, -0.2) is 32.9 Å². The zero-order valence-electron chi connectivity index (χ0n) is 15.6. The molecule has 1 aliphatic heterocycles. The molecular weight excluding hydrogens is 362 g/mol. The zero-order chi connectivity index (χ0) is 19.3. The summed E-state index contributed by atoms with van der Waals surface area (Å²) in [6.45, 7) is 6.34. The highest BCUT2D eigenvalue weighted by Crippen LogP contribution is 2.35. The maximum absolute atomic E-state index is 11.8. The van der Waals surface area contributed by atoms with Crippen LogP contribution in [0.5, 0.6) is 0 Å². The van der Waals surface area contributed by atoms with Crippen LogP contribution in [0, 0.1) is 6.92 Å². The summed E-state index contributed by atoms with van der Waals surface area (Å²) in [6, 6.07) is 6.09. The minimum atomic E-state index is -0.892. The molecule has 0 radical (unpaired) electrons. The van der Waals surface area contributed by atoms with E-state index in [1.54, 1.807) is 11.8 Å². The highest BCUT2D eigenvalue weighted by Gasteiger charge is 2.25. The van der Waals surface area contributed by atoms with Crippen molar-refractivity contribution in [2.24, 2.45) is 0 Å². The maximum Gasteiger partial charge on any atom is 0.347 e. The van der Waals surface area contributed by atoms with E-state index in [4.69, 9.17) is 4.98 Å². The molecule has 0 aliphatic carbocycles. The molecule has 7 heteroatoms. The fourth-order valence-corrected chi connectivity index (χ4v) is 4.95. The first kappa shape index (κ1) is 17.7. The number of benzene rings is 1. The molecule has 0 fully saturated rings. The van der Waals surface area contributed by atoms with Crippen LogP contribution in [0.4, 0.5) is 5.69 Å². The van der Waals surface area contributed by atoms with Crippen LogP contribution in [0.2, 0.25) is 0 Å². The van der Waals surface area contributed by atoms with Gasteiger partial charge < -0.3 is 10.0 Å². The molecule has 1 amide bonds. The summed E-state index contributed by atoms with van der Waals surface area (Å²) in [5, 5.41) is 9.50. The number of anilines is 1. The molecule has 140 valence electrons. The van der Waals surface area contributed by atoms with Gasteiger partial charge in [-0.1, -0.05) is 30.7 Å². The number of carbonyl (C=O) groups is 2. The number of aryl methyl sites for hydroxylation is 2. The normalized spacial score (nSPS) is 13.4. The van der Waals surface area contributed by atoms with Gasteiger partial charge in [0.05, 0.1) is 5.69 Å². The van der Waals surface area contributed by atoms with Crippen LogP contribution in [0.25, 0.3) is 16.2 Å². The van der Waals surface area contributed by atoms with E-state index < -0.39 is 5.97 Å². The van der Waals surface area contributed by atoms with Gasteiger partial charge in [0, 0.05) is 36.1 Å². The number of thiazole rings is 1. The Bertz CT molecular complexity index is 1080. The summed E-state index contributed by atoms with van der Waals surface area (Å²) in [6.07, 6.45) is 2.42. The van der Waals surface area contributed by atoms with Crippen LogP contribution in [0.15, 0.2) is 18.2 Å². The van der Waals surface area contributed by atoms with Gasteiger partial charge >= 0.3 is 5.97 Å². The Kier molecular flexibility index (Phi) is 4.26. The lowest BCUT2D eigenvalue weighted by molar-refractivity contribution is -0.116. The Labute approximate surface area is 161 Å². The average molecular weight is 383 g/mol. The largest absolute Gasteiger partial charge is 0.477 e. The Morgan fingerprint density at radius 2 is 2.11 bits per heavy atom. The zero-order valence-corrected chi connectivity index (χ0v) is 16.4. The molecule has 4 rings (SSSR count). The second kappa shape index (κ2) is 6.49. The predicted octanol–water partition coefficient (Wildman–Crippen LogP) is 3.93. The van der Waals surface area contributed by atoms with Crippen LogP contribution >= 0.6 is 11.3 Å². The van der Waals surface area contributed by atoms with E-state index in [1.807, 2.05) is 30.4 Å². The minimum absolute atomic E-state index is 0.0607. The molecule has 0 bridgehead atoms. The van der Waals surface area contributed by atoms with E-state index in [9.17, 15) is 14.7 Å². The van der Waals surface area contributed by atoms with Gasteiger partial charge in [0.15, 0.2) is 4.96 Å². The van der Waals surface area contributed by atoms with Gasteiger partial charge in [0.1, 0.15) is 4.88 Å². The number of fused-ring (bicyclic) bond motifs is 2. The number of imidazole rings is 1. The second-order valence-electron chi connectivity index (χ2n) is 6.86. The summed E-state index contributed by atoms with van der Waals surface area (Å²) in [5.41, 5.74) is 5.79. The number of hydrogen-bond acceptors (Lipinski definition) is 4. The SMILES string of the molecule is CCCc1c(C(=O)O)sc2nc(-c3ccc4c(c3)CCN4C(C)=O)c(C)n12. The highest BCUT2D eigenvalue weighted by molar-refractivity contribution is 7.19. The van der Waals surface area contributed by atoms with Crippen molar-refractivity contribution >= 4 is 33.9 Å². The number of nitrogens with zero attached hydrogens (tertiary/aromatic N) is 3. The van der Waals surface area contributed by atoms with Crippen molar-refractivity contribution in [3.63, 3.8) is 0 Å². The molecular formula is C20H21N3O3S. The van der Waals surface area contributed by atoms with Gasteiger partial charge in [-0.05, 0) is 37.5 Å². The van der Waals surface area contributed by atoms with Gasteiger partial charge in [-0.15, -0.1) is 0 Å². The van der Waals surface area contributed by atoms with Crippen molar-refractivity contribution in [2.45, 2.75) is 40.0 Å². The number of carboxylic acids is 1. The number of aromatic nitrogens is 2. The molecule has 0 spiro atoms. The molecule has 2 aromatic heterocycles. The third-order valence-electron chi connectivity index (χ3n) is 5.11. The van der Waals surface area contributed by atoms with Crippen molar-refractivity contribution in [2.75, 3.05) is 11.4 Å². The summed E-state index contributed by atoms with van der Waals surface area (Å²) in [5.74, 6) is -0.831. The molecule has 3 heterocycles. The number of amides is 1. The average Bonchev–Trinajstić information content (AvgIpc) is 3.28. The lowest BCUT2D eigenvalue weighted by atomic mass is 10.0. The first-order valence-electron chi connectivity index (χ1n) is 9.07. The van der Waals surface area contributed by atoms with Crippen LogP contribution in [0.3, 0.4) is 0 Å². The van der Waals surface area contributed by atoms with Gasteiger partial charge in [0.25, 0.3) is 0 Å². The van der Waals surface area contributed by atoms with E-state index in [-0.39, 0.29) is 5.91 Å². The number of aromatic carboxylic acids is 1. The van der Waals surface area contributed by atoms with E-state index >= 15 is 0 Å². The van der Waals surface area contributed by atoms with Crippen LogP contribution in [-0.2, 0) is 17.6 Å². The van der Waals surface area contributed by atoms with Crippen molar-refractivity contribution in [1.29, 1.82) is 0 Å². The van der Waals surface area contributed by atoms with Crippen molar-refractivity contribution in [1.82, 2.24) is 9.38 Å². The lowest BCUT2D eigenvalue weighted by Crippen LogP contribution is -2.25. The molecule has 0 saturated carbocycles. The Hall–Kier alpha value is -2.67. The number of carbonyl (C=O) groups excluding carboxylic acids is 1. The summed E-state index contributed by atoms with van der Waals surface area (Å²) in [7, 11) is 0. The Morgan fingerprint density at radius 1 is 1.33 bits per heavy atom. The lowest BCUT2D eigenvalue weighted by Gasteiger charge is -2.14. The minimum Gasteiger partial charge on any atom is -0.477 e. The third kappa shape index (κ3) is 2.73. The monoisotopic (exact) mass is 383 g/mol. The standard InChI is InChI=1S/C20H21N3O3S/c1-4-5-16-18(19(25)26)27-20-21-17(11(2)23(16)20)14-6-7-15-13(10-14)8-9-22(15)12(3)24/h6-7,10H,4-5,8-9H2,1-3H3,(H,25,26). The van der Waals surface area contributed by atoms with Gasteiger partial charge in [0.2, 0.25) is 5.91 Å². The first-order chi connectivity index (χ1) is 12.9. The topological polar surface area (TPSA) is 74.9 Å². The molecule has 27 heavy (non-hydrogen) atoms. The fourth-order valence-electron chi connectivity index (χ4n) is 3.89. The molecule has 1 aliphatic rings. The second-order valence-corrected chi connectivity index (χ2v) is 7.84. The fraction of sp³-hybridized carbons (Fsp3) is 0.350. The van der Waals surface area contributed by atoms with Gasteiger partial charge in [-0.2, -0.15) is 0 Å². The highest BCUT2D eigenvalue weighted by atomic mass is 32.1. The first-order valence-corrected chi connectivity index (χ1v) is 9.89. The molecule has 0 atom stereocenters. The summed E-state index contributed by atoms with van der Waals surface area (Å²) in [4.78, 5) is 31.0. The summed E-state index contributed by atoms with van der Waals surface area (Å²) < 4.78 is 1.99.